The van der Waals surface area contributed by atoms with Crippen molar-refractivity contribution in [3.8, 4) is 17.2 Å². The highest BCUT2D eigenvalue weighted by molar-refractivity contribution is 5.99. The number of hydrogen-bond donors (Lipinski definition) is 1. The molecule has 4 rings (SSSR count). The molecule has 1 unspecified atom stereocenters. The molecule has 1 atom stereocenters. The van der Waals surface area contributed by atoms with Gasteiger partial charge in [-0.3, -0.25) is 4.79 Å². The summed E-state index contributed by atoms with van der Waals surface area (Å²) in [5.74, 6) is 1.78. The fourth-order valence-electron chi connectivity index (χ4n) is 3.78. The number of amides is 2. The van der Waals surface area contributed by atoms with Crippen LogP contribution in [0.5, 0.6) is 17.2 Å². The van der Waals surface area contributed by atoms with Crippen LogP contribution in [0.15, 0.2) is 42.5 Å². The van der Waals surface area contributed by atoms with Crippen LogP contribution in [-0.2, 0) is 0 Å². The molecule has 2 aliphatic heterocycles. The molecule has 2 aromatic carbocycles. The van der Waals surface area contributed by atoms with Crippen molar-refractivity contribution in [2.75, 3.05) is 25.2 Å². The van der Waals surface area contributed by atoms with E-state index in [1.807, 2.05) is 26.0 Å². The van der Waals surface area contributed by atoms with Crippen molar-refractivity contribution in [1.29, 1.82) is 0 Å². The molecule has 0 radical (unpaired) electrons. The second-order valence-electron chi connectivity index (χ2n) is 7.84. The molecule has 0 saturated carbocycles. The largest absolute Gasteiger partial charge is 0.491 e. The van der Waals surface area contributed by atoms with Gasteiger partial charge in [0, 0.05) is 36.3 Å². The lowest BCUT2D eigenvalue weighted by Gasteiger charge is -2.32. The van der Waals surface area contributed by atoms with E-state index < -0.39 is 0 Å². The lowest BCUT2D eigenvalue weighted by Crippen LogP contribution is -2.44. The average molecular weight is 410 g/mol. The third-order valence-electron chi connectivity index (χ3n) is 5.19. The predicted octanol–water partition coefficient (Wildman–Crippen LogP) is 4.33. The molecule has 2 heterocycles. The van der Waals surface area contributed by atoms with Crippen LogP contribution in [0.3, 0.4) is 0 Å². The number of nitrogens with one attached hydrogen (secondary N) is 1. The summed E-state index contributed by atoms with van der Waals surface area (Å²) >= 11 is 0. The van der Waals surface area contributed by atoms with Crippen molar-refractivity contribution >= 4 is 17.5 Å². The number of ether oxygens (including phenoxy) is 3. The molecule has 1 N–H and O–H groups in total. The van der Waals surface area contributed by atoms with Crippen molar-refractivity contribution in [2.24, 2.45) is 5.92 Å². The zero-order valence-corrected chi connectivity index (χ0v) is 17.2. The Morgan fingerprint density at radius 3 is 2.80 bits per heavy atom. The Kier molecular flexibility index (Phi) is 5.79. The number of anilines is 1. The topological polar surface area (TPSA) is 77.1 Å². The zero-order chi connectivity index (χ0) is 21.1. The summed E-state index contributed by atoms with van der Waals surface area (Å²) in [7, 11) is 0. The summed E-state index contributed by atoms with van der Waals surface area (Å²) in [5.41, 5.74) is 1.26. The molecule has 0 aliphatic carbocycles. The molecule has 7 nitrogen and oxygen atoms in total. The number of piperidine rings is 1. The van der Waals surface area contributed by atoms with Gasteiger partial charge in [-0.2, -0.15) is 0 Å². The van der Waals surface area contributed by atoms with E-state index in [4.69, 9.17) is 14.2 Å². The molecule has 0 bridgehead atoms. The minimum absolute atomic E-state index is 0.0420. The molecular formula is C23H26N2O5. The monoisotopic (exact) mass is 410 g/mol. The van der Waals surface area contributed by atoms with Gasteiger partial charge in [0.2, 0.25) is 6.79 Å². The van der Waals surface area contributed by atoms with Gasteiger partial charge in [0.25, 0.3) is 0 Å². The Morgan fingerprint density at radius 2 is 1.97 bits per heavy atom. The van der Waals surface area contributed by atoms with Crippen LogP contribution in [0.1, 0.15) is 37.0 Å². The minimum Gasteiger partial charge on any atom is -0.491 e. The zero-order valence-electron chi connectivity index (χ0n) is 17.2. The van der Waals surface area contributed by atoms with E-state index in [0.29, 0.717) is 41.6 Å². The Labute approximate surface area is 175 Å². The molecule has 158 valence electrons. The molecule has 1 saturated heterocycles. The van der Waals surface area contributed by atoms with Gasteiger partial charge in [-0.25, -0.2) is 4.79 Å². The number of nitrogens with zero attached hydrogens (tertiary/aromatic N) is 1. The summed E-state index contributed by atoms with van der Waals surface area (Å²) in [6.45, 7) is 5.10. The summed E-state index contributed by atoms with van der Waals surface area (Å²) in [5, 5.41) is 2.89. The highest BCUT2D eigenvalue weighted by Crippen LogP contribution is 2.34. The van der Waals surface area contributed by atoms with Crippen molar-refractivity contribution < 1.29 is 23.8 Å². The Balaban J connectivity index is 1.40. The van der Waals surface area contributed by atoms with Crippen molar-refractivity contribution in [1.82, 2.24) is 4.90 Å². The molecule has 0 aromatic heterocycles. The van der Waals surface area contributed by atoms with Gasteiger partial charge in [-0.05, 0) is 51.0 Å². The highest BCUT2D eigenvalue weighted by atomic mass is 16.7. The van der Waals surface area contributed by atoms with Crippen LogP contribution >= 0.6 is 0 Å². The van der Waals surface area contributed by atoms with Crippen molar-refractivity contribution in [2.45, 2.75) is 32.8 Å². The maximum Gasteiger partial charge on any atom is 0.321 e. The smallest absolute Gasteiger partial charge is 0.321 e. The first kappa shape index (κ1) is 20.1. The van der Waals surface area contributed by atoms with Crippen LogP contribution in [0.4, 0.5) is 10.5 Å². The number of ketones is 1. The van der Waals surface area contributed by atoms with E-state index in [9.17, 15) is 9.59 Å². The molecule has 7 heteroatoms. The number of benzene rings is 2. The molecular weight excluding hydrogens is 384 g/mol. The molecule has 2 aliphatic rings. The molecule has 0 spiro atoms. The number of rotatable bonds is 5. The Morgan fingerprint density at radius 1 is 1.13 bits per heavy atom. The van der Waals surface area contributed by atoms with Crippen molar-refractivity contribution in [3.05, 3.63) is 48.0 Å². The predicted molar refractivity (Wildman–Crippen MR) is 112 cm³/mol. The van der Waals surface area contributed by atoms with Gasteiger partial charge >= 0.3 is 6.03 Å². The molecule has 2 amide bonds. The number of likely N-dealkylation sites (tertiary alicyclic amines) is 1. The number of hydrogen-bond acceptors (Lipinski definition) is 5. The third-order valence-corrected chi connectivity index (χ3v) is 5.19. The number of Topliss-reactive ketones (excluding diaryl/α,β-unsaturated/α-hetero) is 1. The minimum atomic E-state index is -0.226. The van der Waals surface area contributed by atoms with Gasteiger partial charge in [0.15, 0.2) is 17.3 Å². The van der Waals surface area contributed by atoms with E-state index in [2.05, 4.69) is 5.32 Å². The first-order valence-electron chi connectivity index (χ1n) is 10.3. The van der Waals surface area contributed by atoms with Gasteiger partial charge < -0.3 is 24.4 Å². The van der Waals surface area contributed by atoms with Crippen LogP contribution < -0.4 is 19.5 Å². The average Bonchev–Trinajstić information content (AvgIpc) is 3.21. The number of fused-ring (bicyclic) bond motifs is 1. The Hall–Kier alpha value is -3.22. The quantitative estimate of drug-likeness (QED) is 0.743. The number of carbonyl (C=O) groups is 2. The van der Waals surface area contributed by atoms with E-state index in [0.717, 1.165) is 12.8 Å². The van der Waals surface area contributed by atoms with Crippen LogP contribution in [0.25, 0.3) is 0 Å². The van der Waals surface area contributed by atoms with E-state index in [1.54, 1.807) is 35.2 Å². The normalized spacial score (nSPS) is 17.7. The van der Waals surface area contributed by atoms with E-state index >= 15 is 0 Å². The van der Waals surface area contributed by atoms with Gasteiger partial charge in [-0.15, -0.1) is 0 Å². The Bertz CT molecular complexity index is 943. The van der Waals surface area contributed by atoms with Gasteiger partial charge in [-0.1, -0.05) is 12.1 Å². The maximum absolute atomic E-state index is 13.0. The van der Waals surface area contributed by atoms with E-state index in [1.165, 1.54) is 0 Å². The summed E-state index contributed by atoms with van der Waals surface area (Å²) in [6, 6.07) is 12.3. The summed E-state index contributed by atoms with van der Waals surface area (Å²) < 4.78 is 16.4. The lowest BCUT2D eigenvalue weighted by molar-refractivity contribution is 0.0850. The fourth-order valence-corrected chi connectivity index (χ4v) is 3.78. The van der Waals surface area contributed by atoms with Crippen LogP contribution in [0, 0.1) is 5.92 Å². The second kappa shape index (κ2) is 8.65. The van der Waals surface area contributed by atoms with Gasteiger partial charge in [0.05, 0.1) is 6.10 Å². The van der Waals surface area contributed by atoms with Crippen LogP contribution in [0.2, 0.25) is 0 Å². The standard InChI is InChI=1S/C23H26N2O5/c1-15(2)30-19-7-3-5-16(11-19)22(26)17-6-4-10-25(13-17)23(27)24-18-8-9-20-21(12-18)29-14-28-20/h3,5,7-9,11-12,15,17H,4,6,10,13-14H2,1-2H3,(H,24,27). The lowest BCUT2D eigenvalue weighted by atomic mass is 9.90. The fraction of sp³-hybridized carbons (Fsp3) is 0.391. The van der Waals surface area contributed by atoms with Crippen molar-refractivity contribution in [3.63, 3.8) is 0 Å². The highest BCUT2D eigenvalue weighted by Gasteiger charge is 2.29. The van der Waals surface area contributed by atoms with Gasteiger partial charge in [0.1, 0.15) is 5.75 Å². The second-order valence-corrected chi connectivity index (χ2v) is 7.84. The SMILES string of the molecule is CC(C)Oc1cccc(C(=O)C2CCCN(C(=O)Nc3ccc4c(c3)OCO4)C2)c1. The summed E-state index contributed by atoms with van der Waals surface area (Å²) in [4.78, 5) is 27.5. The third kappa shape index (κ3) is 4.50. The van der Waals surface area contributed by atoms with E-state index in [-0.39, 0.29) is 30.6 Å². The molecule has 2 aromatic rings. The summed E-state index contributed by atoms with van der Waals surface area (Å²) in [6.07, 6.45) is 1.59. The molecule has 30 heavy (non-hydrogen) atoms. The van der Waals surface area contributed by atoms with Crippen LogP contribution in [-0.4, -0.2) is 42.7 Å². The number of carbonyl (C=O) groups excluding carboxylic acids is 2. The molecule has 1 fully saturated rings. The maximum atomic E-state index is 13.0. The number of urea groups is 1. The first-order chi connectivity index (χ1) is 14.5. The first-order valence-corrected chi connectivity index (χ1v) is 10.3.